The maximum atomic E-state index is 11.7. The molecule has 1 rings (SSSR count). The van der Waals surface area contributed by atoms with E-state index in [9.17, 15) is 9.90 Å². The molecule has 0 radical (unpaired) electrons. The number of benzene rings is 1. The molecule has 1 amide bonds. The van der Waals surface area contributed by atoms with Gasteiger partial charge in [0, 0.05) is 12.0 Å². The minimum absolute atomic E-state index is 0.0622. The molecule has 0 aliphatic carbocycles. The lowest BCUT2D eigenvalue weighted by Gasteiger charge is -2.07. The van der Waals surface area contributed by atoms with Crippen molar-refractivity contribution in [3.05, 3.63) is 29.8 Å². The number of hydrogen-bond donors (Lipinski definition) is 2. The van der Waals surface area contributed by atoms with E-state index in [2.05, 4.69) is 17.5 Å². The fraction of sp³-hybridized carbons (Fsp3) is 0.529. The molecule has 4 heteroatoms. The van der Waals surface area contributed by atoms with Crippen molar-refractivity contribution < 1.29 is 9.90 Å². The first-order valence-electron chi connectivity index (χ1n) is 7.82. The van der Waals surface area contributed by atoms with Crippen LogP contribution in [0.1, 0.15) is 64.4 Å². The molecule has 116 valence electrons. The minimum Gasteiger partial charge on any atom is -0.507 e. The van der Waals surface area contributed by atoms with Crippen LogP contribution in [0.15, 0.2) is 29.4 Å². The van der Waals surface area contributed by atoms with Crippen molar-refractivity contribution in [2.45, 2.75) is 58.8 Å². The van der Waals surface area contributed by atoms with E-state index >= 15 is 0 Å². The number of hydrogen-bond acceptors (Lipinski definition) is 3. The van der Waals surface area contributed by atoms with Gasteiger partial charge in [0.05, 0.1) is 5.71 Å². The van der Waals surface area contributed by atoms with Gasteiger partial charge in [0.1, 0.15) is 5.75 Å². The van der Waals surface area contributed by atoms with Crippen molar-refractivity contribution in [2.75, 3.05) is 0 Å². The lowest BCUT2D eigenvalue weighted by molar-refractivity contribution is -0.121. The topological polar surface area (TPSA) is 61.7 Å². The van der Waals surface area contributed by atoms with Gasteiger partial charge < -0.3 is 5.11 Å². The third kappa shape index (κ3) is 6.43. The molecule has 0 fully saturated rings. The van der Waals surface area contributed by atoms with Crippen molar-refractivity contribution in [2.24, 2.45) is 5.10 Å². The van der Waals surface area contributed by atoms with Gasteiger partial charge in [-0.05, 0) is 25.0 Å². The zero-order valence-corrected chi connectivity index (χ0v) is 13.1. The van der Waals surface area contributed by atoms with Crippen LogP contribution in [0.4, 0.5) is 0 Å². The van der Waals surface area contributed by atoms with E-state index in [-0.39, 0.29) is 11.7 Å². The zero-order valence-electron chi connectivity index (χ0n) is 13.1. The summed E-state index contributed by atoms with van der Waals surface area (Å²) >= 11 is 0. The average Bonchev–Trinajstić information content (AvgIpc) is 2.49. The predicted molar refractivity (Wildman–Crippen MR) is 86.5 cm³/mol. The summed E-state index contributed by atoms with van der Waals surface area (Å²) in [4.78, 5) is 11.7. The molecule has 0 heterocycles. The number of unbranched alkanes of at least 4 members (excludes halogenated alkanes) is 4. The molecule has 0 saturated carbocycles. The number of carbonyl (C=O) groups is 1. The molecule has 0 saturated heterocycles. The second kappa shape index (κ2) is 9.97. The molecule has 1 aromatic carbocycles. The van der Waals surface area contributed by atoms with Gasteiger partial charge in [-0.25, -0.2) is 5.43 Å². The van der Waals surface area contributed by atoms with Crippen LogP contribution in [0.5, 0.6) is 5.75 Å². The molecule has 1 aromatic rings. The summed E-state index contributed by atoms with van der Waals surface area (Å²) in [5.41, 5.74) is 3.95. The number of rotatable bonds is 9. The van der Waals surface area contributed by atoms with Gasteiger partial charge >= 0.3 is 0 Å². The fourth-order valence-electron chi connectivity index (χ4n) is 2.12. The first kappa shape index (κ1) is 17.2. The molecule has 0 atom stereocenters. The third-order valence-electron chi connectivity index (χ3n) is 3.37. The first-order valence-corrected chi connectivity index (χ1v) is 7.82. The molecule has 4 nitrogen and oxygen atoms in total. The van der Waals surface area contributed by atoms with E-state index in [1.165, 1.54) is 19.3 Å². The van der Waals surface area contributed by atoms with Crippen LogP contribution >= 0.6 is 0 Å². The Balaban J connectivity index is 2.46. The molecule has 2 N–H and O–H groups in total. The molecular formula is C17H26N2O2. The summed E-state index contributed by atoms with van der Waals surface area (Å²) in [7, 11) is 0. The van der Waals surface area contributed by atoms with Crippen LogP contribution < -0.4 is 5.43 Å². The highest BCUT2D eigenvalue weighted by molar-refractivity contribution is 6.03. The number of amides is 1. The molecule has 0 bridgehead atoms. The SMILES string of the molecule is CCCCCCCC(=O)NN=C(CC)c1ccccc1O. The van der Waals surface area contributed by atoms with E-state index in [1.54, 1.807) is 18.2 Å². The average molecular weight is 290 g/mol. The standard InChI is InChI=1S/C17H26N2O2/c1-3-5-6-7-8-13-17(21)19-18-15(4-2)14-11-9-10-12-16(14)20/h9-12,20H,3-8,13H2,1-2H3,(H,19,21). The summed E-state index contributed by atoms with van der Waals surface area (Å²) in [5, 5.41) is 14.0. The Morgan fingerprint density at radius 3 is 2.52 bits per heavy atom. The highest BCUT2D eigenvalue weighted by Crippen LogP contribution is 2.17. The van der Waals surface area contributed by atoms with Crippen molar-refractivity contribution in [3.8, 4) is 5.75 Å². The number of hydrazone groups is 1. The molecule has 0 spiro atoms. The Bertz CT molecular complexity index is 470. The lowest BCUT2D eigenvalue weighted by atomic mass is 10.1. The summed E-state index contributed by atoms with van der Waals surface area (Å²) < 4.78 is 0. The molecule has 0 aromatic heterocycles. The summed E-state index contributed by atoms with van der Waals surface area (Å²) in [5.74, 6) is 0.125. The van der Waals surface area contributed by atoms with E-state index in [0.717, 1.165) is 12.8 Å². The smallest absolute Gasteiger partial charge is 0.240 e. The molecule has 21 heavy (non-hydrogen) atoms. The second-order valence-electron chi connectivity index (χ2n) is 5.13. The highest BCUT2D eigenvalue weighted by atomic mass is 16.3. The Morgan fingerprint density at radius 2 is 1.86 bits per heavy atom. The maximum absolute atomic E-state index is 11.7. The van der Waals surface area contributed by atoms with Crippen LogP contribution in [-0.4, -0.2) is 16.7 Å². The first-order chi connectivity index (χ1) is 10.2. The van der Waals surface area contributed by atoms with Crippen LogP contribution in [0.2, 0.25) is 0 Å². The van der Waals surface area contributed by atoms with E-state index in [1.807, 2.05) is 13.0 Å². The van der Waals surface area contributed by atoms with Crippen molar-refractivity contribution in [3.63, 3.8) is 0 Å². The molecule has 0 unspecified atom stereocenters. The molecule has 0 aliphatic rings. The van der Waals surface area contributed by atoms with Gasteiger partial charge in [-0.15, -0.1) is 0 Å². The van der Waals surface area contributed by atoms with Crippen molar-refractivity contribution in [1.29, 1.82) is 0 Å². The summed E-state index contributed by atoms with van der Waals surface area (Å²) in [6.07, 6.45) is 6.76. The van der Waals surface area contributed by atoms with E-state index in [4.69, 9.17) is 0 Å². The number of nitrogens with zero attached hydrogens (tertiary/aromatic N) is 1. The Kier molecular flexibility index (Phi) is 8.17. The maximum Gasteiger partial charge on any atom is 0.240 e. The van der Waals surface area contributed by atoms with Crippen molar-refractivity contribution >= 4 is 11.6 Å². The molecule has 0 aliphatic heterocycles. The number of carbonyl (C=O) groups excluding carboxylic acids is 1. The number of nitrogens with one attached hydrogen (secondary N) is 1. The Labute approximate surface area is 127 Å². The number of phenolic OH excluding ortho intramolecular Hbond substituents is 1. The summed E-state index contributed by atoms with van der Waals surface area (Å²) in [6.45, 7) is 4.12. The summed E-state index contributed by atoms with van der Waals surface area (Å²) in [6, 6.07) is 7.03. The Morgan fingerprint density at radius 1 is 1.14 bits per heavy atom. The predicted octanol–water partition coefficient (Wildman–Crippen LogP) is 3.98. The van der Waals surface area contributed by atoms with Gasteiger partial charge in [-0.1, -0.05) is 51.7 Å². The second-order valence-corrected chi connectivity index (χ2v) is 5.13. The Hall–Kier alpha value is -1.84. The van der Waals surface area contributed by atoms with Gasteiger partial charge in [0.15, 0.2) is 0 Å². The van der Waals surface area contributed by atoms with Gasteiger partial charge in [-0.3, -0.25) is 4.79 Å². The van der Waals surface area contributed by atoms with Gasteiger partial charge in [0.2, 0.25) is 5.91 Å². The monoisotopic (exact) mass is 290 g/mol. The van der Waals surface area contributed by atoms with Crippen LogP contribution in [0, 0.1) is 0 Å². The normalized spacial score (nSPS) is 11.4. The number of phenols is 1. The van der Waals surface area contributed by atoms with Crippen LogP contribution in [-0.2, 0) is 4.79 Å². The van der Waals surface area contributed by atoms with Gasteiger partial charge in [-0.2, -0.15) is 5.10 Å². The van der Waals surface area contributed by atoms with E-state index in [0.29, 0.717) is 24.1 Å². The van der Waals surface area contributed by atoms with Crippen LogP contribution in [0.3, 0.4) is 0 Å². The fourth-order valence-corrected chi connectivity index (χ4v) is 2.12. The van der Waals surface area contributed by atoms with E-state index < -0.39 is 0 Å². The number of para-hydroxylation sites is 1. The highest BCUT2D eigenvalue weighted by Gasteiger charge is 2.07. The zero-order chi connectivity index (χ0) is 15.5. The van der Waals surface area contributed by atoms with Crippen molar-refractivity contribution in [1.82, 2.24) is 5.43 Å². The van der Waals surface area contributed by atoms with Gasteiger partial charge in [0.25, 0.3) is 0 Å². The third-order valence-corrected chi connectivity index (χ3v) is 3.37. The van der Waals surface area contributed by atoms with Crippen LogP contribution in [0.25, 0.3) is 0 Å². The largest absolute Gasteiger partial charge is 0.507 e. The molecular weight excluding hydrogens is 264 g/mol. The lowest BCUT2D eigenvalue weighted by Crippen LogP contribution is -2.19. The quantitative estimate of drug-likeness (QED) is 0.410. The minimum atomic E-state index is -0.0622. The number of aromatic hydroxyl groups is 1.